The van der Waals surface area contributed by atoms with E-state index < -0.39 is 0 Å². The van der Waals surface area contributed by atoms with Crippen LogP contribution in [-0.2, 0) is 11.3 Å². The van der Waals surface area contributed by atoms with E-state index in [0.29, 0.717) is 6.61 Å². The van der Waals surface area contributed by atoms with Gasteiger partial charge in [-0.3, -0.25) is 0 Å². The molecular formula is C5H9N3O. The van der Waals surface area contributed by atoms with E-state index in [1.54, 1.807) is 12.4 Å². The second-order valence-electron chi connectivity index (χ2n) is 1.66. The van der Waals surface area contributed by atoms with Gasteiger partial charge < -0.3 is 9.82 Å². The molecule has 0 aliphatic rings. The molecule has 0 saturated heterocycles. The Balaban J connectivity index is 2.30. The number of aromatic amines is 1. The topological polar surface area (TPSA) is 63.9 Å². The number of imidazole rings is 1. The summed E-state index contributed by atoms with van der Waals surface area (Å²) in [5, 5.41) is 0. The Labute approximate surface area is 53.0 Å². The summed E-state index contributed by atoms with van der Waals surface area (Å²) < 4.78 is 0. The molecule has 0 aliphatic carbocycles. The molecule has 0 fully saturated rings. The van der Waals surface area contributed by atoms with Crippen molar-refractivity contribution in [3.8, 4) is 0 Å². The zero-order valence-corrected chi connectivity index (χ0v) is 5.00. The molecule has 0 bridgehead atoms. The molecule has 3 N–H and O–H groups in total. The van der Waals surface area contributed by atoms with E-state index in [1.165, 1.54) is 0 Å². The van der Waals surface area contributed by atoms with Crippen LogP contribution in [0, 0.1) is 0 Å². The first kappa shape index (κ1) is 6.25. The number of nitrogens with one attached hydrogen (secondary N) is 1. The largest absolute Gasteiger partial charge is 0.349 e. The van der Waals surface area contributed by atoms with Crippen molar-refractivity contribution in [2.75, 3.05) is 6.61 Å². The molecule has 1 aromatic heterocycles. The summed E-state index contributed by atoms with van der Waals surface area (Å²) in [6, 6.07) is 0. The van der Waals surface area contributed by atoms with Crippen molar-refractivity contribution in [3.63, 3.8) is 0 Å². The predicted molar refractivity (Wildman–Crippen MR) is 32.4 cm³/mol. The maximum atomic E-state index is 4.80. The van der Waals surface area contributed by atoms with Gasteiger partial charge in [0.1, 0.15) is 5.82 Å². The summed E-state index contributed by atoms with van der Waals surface area (Å²) in [5.41, 5.74) is 0. The number of H-pyrrole nitrogens is 1. The summed E-state index contributed by atoms with van der Waals surface area (Å²) in [6.45, 7) is 0.507. The van der Waals surface area contributed by atoms with Crippen LogP contribution in [0.5, 0.6) is 0 Å². The highest BCUT2D eigenvalue weighted by Crippen LogP contribution is 1.87. The SMILES string of the molecule is NOCCc1ncc[nH]1. The molecular weight excluding hydrogens is 118 g/mol. The lowest BCUT2D eigenvalue weighted by Gasteiger charge is -1.91. The van der Waals surface area contributed by atoms with Crippen molar-refractivity contribution in [1.82, 2.24) is 9.97 Å². The number of aromatic nitrogens is 2. The predicted octanol–water partition coefficient (Wildman–Crippen LogP) is -0.158. The average molecular weight is 127 g/mol. The highest BCUT2D eigenvalue weighted by Gasteiger charge is 1.90. The van der Waals surface area contributed by atoms with Gasteiger partial charge in [-0.2, -0.15) is 0 Å². The Kier molecular flexibility index (Phi) is 2.23. The van der Waals surface area contributed by atoms with Crippen LogP contribution >= 0.6 is 0 Å². The molecule has 1 heterocycles. The highest BCUT2D eigenvalue weighted by atomic mass is 16.6. The summed E-state index contributed by atoms with van der Waals surface area (Å²) in [6.07, 6.45) is 4.21. The molecule has 4 heteroatoms. The normalized spacial score (nSPS) is 9.89. The molecule has 0 aliphatic heterocycles. The van der Waals surface area contributed by atoms with Gasteiger partial charge in [-0.1, -0.05) is 0 Å². The van der Waals surface area contributed by atoms with Crippen molar-refractivity contribution < 1.29 is 4.84 Å². The quantitative estimate of drug-likeness (QED) is 0.554. The van der Waals surface area contributed by atoms with Crippen LogP contribution in [0.3, 0.4) is 0 Å². The van der Waals surface area contributed by atoms with Crippen LogP contribution in [0.15, 0.2) is 12.4 Å². The number of hydrogen-bond acceptors (Lipinski definition) is 3. The summed E-state index contributed by atoms with van der Waals surface area (Å²) >= 11 is 0. The van der Waals surface area contributed by atoms with Crippen LogP contribution in [0.2, 0.25) is 0 Å². The van der Waals surface area contributed by atoms with Gasteiger partial charge in [0.25, 0.3) is 0 Å². The Bertz CT molecular complexity index is 149. The van der Waals surface area contributed by atoms with E-state index in [9.17, 15) is 0 Å². The van der Waals surface area contributed by atoms with Crippen molar-refractivity contribution in [3.05, 3.63) is 18.2 Å². The van der Waals surface area contributed by atoms with E-state index in [-0.39, 0.29) is 0 Å². The van der Waals surface area contributed by atoms with Gasteiger partial charge in [-0.05, 0) is 0 Å². The van der Waals surface area contributed by atoms with E-state index in [4.69, 9.17) is 5.90 Å². The molecule has 4 nitrogen and oxygen atoms in total. The average Bonchev–Trinajstić information content (AvgIpc) is 2.34. The fourth-order valence-electron chi connectivity index (χ4n) is 0.590. The van der Waals surface area contributed by atoms with Gasteiger partial charge in [0, 0.05) is 18.8 Å². The van der Waals surface area contributed by atoms with Crippen LogP contribution in [0.1, 0.15) is 5.82 Å². The standard InChI is InChI=1S/C5H9N3O/c6-9-4-1-5-7-2-3-8-5/h2-3H,1,4,6H2,(H,7,8). The van der Waals surface area contributed by atoms with E-state index in [2.05, 4.69) is 14.8 Å². The molecule has 0 aromatic carbocycles. The van der Waals surface area contributed by atoms with E-state index in [0.717, 1.165) is 12.2 Å². The molecule has 1 rings (SSSR count). The first-order valence-electron chi connectivity index (χ1n) is 2.73. The third kappa shape index (κ3) is 1.83. The first-order valence-corrected chi connectivity index (χ1v) is 2.73. The summed E-state index contributed by atoms with van der Waals surface area (Å²) in [5.74, 6) is 5.71. The molecule has 50 valence electrons. The van der Waals surface area contributed by atoms with Crippen molar-refractivity contribution >= 4 is 0 Å². The Morgan fingerprint density at radius 1 is 1.78 bits per heavy atom. The Hall–Kier alpha value is -0.870. The maximum Gasteiger partial charge on any atom is 0.108 e. The zero-order chi connectivity index (χ0) is 6.53. The minimum absolute atomic E-state index is 0.507. The Morgan fingerprint density at radius 3 is 3.22 bits per heavy atom. The maximum absolute atomic E-state index is 4.80. The molecule has 1 aromatic rings. The van der Waals surface area contributed by atoms with Crippen molar-refractivity contribution in [2.45, 2.75) is 6.42 Å². The summed E-state index contributed by atoms with van der Waals surface area (Å²) in [4.78, 5) is 11.2. The number of nitrogens with zero attached hydrogens (tertiary/aromatic N) is 1. The molecule has 0 saturated carbocycles. The fraction of sp³-hybridized carbons (Fsp3) is 0.400. The molecule has 0 amide bonds. The first-order chi connectivity index (χ1) is 4.43. The molecule has 9 heavy (non-hydrogen) atoms. The van der Waals surface area contributed by atoms with Crippen LogP contribution < -0.4 is 5.90 Å². The van der Waals surface area contributed by atoms with Gasteiger partial charge in [0.05, 0.1) is 6.61 Å². The summed E-state index contributed by atoms with van der Waals surface area (Å²) in [7, 11) is 0. The van der Waals surface area contributed by atoms with Gasteiger partial charge >= 0.3 is 0 Å². The van der Waals surface area contributed by atoms with Gasteiger partial charge in [0.15, 0.2) is 0 Å². The molecule has 0 unspecified atom stereocenters. The van der Waals surface area contributed by atoms with Gasteiger partial charge in [-0.15, -0.1) is 0 Å². The fourth-order valence-corrected chi connectivity index (χ4v) is 0.590. The molecule has 0 spiro atoms. The van der Waals surface area contributed by atoms with Crippen LogP contribution in [0.4, 0.5) is 0 Å². The number of rotatable bonds is 3. The monoisotopic (exact) mass is 127 g/mol. The second kappa shape index (κ2) is 3.21. The smallest absolute Gasteiger partial charge is 0.108 e. The highest BCUT2D eigenvalue weighted by molar-refractivity contribution is 4.86. The van der Waals surface area contributed by atoms with E-state index in [1.807, 2.05) is 0 Å². The zero-order valence-electron chi connectivity index (χ0n) is 5.00. The van der Waals surface area contributed by atoms with Crippen molar-refractivity contribution in [2.24, 2.45) is 5.90 Å². The van der Waals surface area contributed by atoms with Gasteiger partial charge in [0.2, 0.25) is 0 Å². The minimum atomic E-state index is 0.507. The third-order valence-electron chi connectivity index (χ3n) is 1.01. The lowest BCUT2D eigenvalue weighted by atomic mass is 10.4. The number of hydrogen-bond donors (Lipinski definition) is 2. The lowest BCUT2D eigenvalue weighted by Crippen LogP contribution is -2.04. The van der Waals surface area contributed by atoms with Gasteiger partial charge in [-0.25, -0.2) is 10.9 Å². The minimum Gasteiger partial charge on any atom is -0.349 e. The second-order valence-corrected chi connectivity index (χ2v) is 1.66. The van der Waals surface area contributed by atoms with E-state index >= 15 is 0 Å². The molecule has 0 radical (unpaired) electrons. The lowest BCUT2D eigenvalue weighted by molar-refractivity contribution is 0.140. The van der Waals surface area contributed by atoms with Crippen LogP contribution in [-0.4, -0.2) is 16.6 Å². The molecule has 0 atom stereocenters. The van der Waals surface area contributed by atoms with Crippen LogP contribution in [0.25, 0.3) is 0 Å². The Morgan fingerprint density at radius 2 is 2.67 bits per heavy atom. The van der Waals surface area contributed by atoms with Crippen molar-refractivity contribution in [1.29, 1.82) is 0 Å². The third-order valence-corrected chi connectivity index (χ3v) is 1.01. The number of nitrogens with two attached hydrogens (primary N) is 1.